The van der Waals surface area contributed by atoms with Crippen molar-refractivity contribution >= 4 is 11.3 Å². The van der Waals surface area contributed by atoms with Crippen molar-refractivity contribution in [3.05, 3.63) is 45.9 Å². The van der Waals surface area contributed by atoms with Gasteiger partial charge in [0.15, 0.2) is 0 Å². The summed E-state index contributed by atoms with van der Waals surface area (Å²) in [5.41, 5.74) is 2.25. The summed E-state index contributed by atoms with van der Waals surface area (Å²) in [7, 11) is 1.96. The molecule has 108 valence electrons. The average Bonchev–Trinajstić information content (AvgIpc) is 2.93. The molecule has 1 aromatic heterocycles. The minimum atomic E-state index is 0.328. The minimum absolute atomic E-state index is 0.328. The number of rotatable bonds is 7. The first kappa shape index (κ1) is 15.0. The van der Waals surface area contributed by atoms with Gasteiger partial charge in [0.25, 0.3) is 0 Å². The number of hydrogen-bond acceptors (Lipinski definition) is 4. The Morgan fingerprint density at radius 1 is 1.40 bits per heavy atom. The predicted molar refractivity (Wildman–Crippen MR) is 84.4 cm³/mol. The zero-order valence-corrected chi connectivity index (χ0v) is 13.2. The number of nitrogens with one attached hydrogen (secondary N) is 1. The Morgan fingerprint density at radius 2 is 2.25 bits per heavy atom. The largest absolute Gasteiger partial charge is 0.487 e. The van der Waals surface area contributed by atoms with Crippen LogP contribution in [0.5, 0.6) is 5.75 Å². The van der Waals surface area contributed by atoms with Crippen LogP contribution in [0.1, 0.15) is 42.6 Å². The van der Waals surface area contributed by atoms with Crippen LogP contribution in [-0.4, -0.2) is 12.0 Å². The Morgan fingerprint density at radius 3 is 3.00 bits per heavy atom. The first-order chi connectivity index (χ1) is 9.72. The highest BCUT2D eigenvalue weighted by atomic mass is 32.1. The SMILES string of the molecule is CCCc1nc(COc2cccc(C(C)NC)c2)cs1. The molecule has 0 aliphatic rings. The molecule has 20 heavy (non-hydrogen) atoms. The van der Waals surface area contributed by atoms with Crippen LogP contribution in [0.25, 0.3) is 0 Å². The number of benzene rings is 1. The second-order valence-electron chi connectivity index (χ2n) is 4.85. The minimum Gasteiger partial charge on any atom is -0.487 e. The van der Waals surface area contributed by atoms with Crippen LogP contribution in [-0.2, 0) is 13.0 Å². The van der Waals surface area contributed by atoms with E-state index in [0.717, 1.165) is 24.3 Å². The van der Waals surface area contributed by atoms with E-state index in [2.05, 4.69) is 41.7 Å². The molecule has 1 aromatic carbocycles. The van der Waals surface area contributed by atoms with Crippen LogP contribution < -0.4 is 10.1 Å². The second-order valence-corrected chi connectivity index (χ2v) is 5.80. The molecule has 1 atom stereocenters. The van der Waals surface area contributed by atoms with Gasteiger partial charge in [-0.15, -0.1) is 11.3 Å². The van der Waals surface area contributed by atoms with E-state index in [1.54, 1.807) is 11.3 Å². The highest BCUT2D eigenvalue weighted by Gasteiger charge is 2.05. The molecule has 2 aromatic rings. The van der Waals surface area contributed by atoms with E-state index < -0.39 is 0 Å². The molecule has 3 nitrogen and oxygen atoms in total. The van der Waals surface area contributed by atoms with E-state index in [1.807, 2.05) is 19.2 Å². The van der Waals surface area contributed by atoms with E-state index in [1.165, 1.54) is 10.6 Å². The molecule has 0 amide bonds. The Hall–Kier alpha value is -1.39. The molecule has 0 spiro atoms. The number of aryl methyl sites for hydroxylation is 1. The molecule has 4 heteroatoms. The fraction of sp³-hybridized carbons (Fsp3) is 0.438. The monoisotopic (exact) mass is 290 g/mol. The van der Waals surface area contributed by atoms with Gasteiger partial charge in [0, 0.05) is 11.4 Å². The molecule has 0 bridgehead atoms. The maximum atomic E-state index is 5.84. The Balaban J connectivity index is 1.96. The average molecular weight is 290 g/mol. The van der Waals surface area contributed by atoms with Gasteiger partial charge in [-0.25, -0.2) is 4.98 Å². The normalized spacial score (nSPS) is 12.3. The number of ether oxygens (including phenoxy) is 1. The van der Waals surface area contributed by atoms with Gasteiger partial charge < -0.3 is 10.1 Å². The van der Waals surface area contributed by atoms with Crippen LogP contribution in [0.4, 0.5) is 0 Å². The van der Waals surface area contributed by atoms with Gasteiger partial charge in [-0.05, 0) is 44.5 Å². The lowest BCUT2D eigenvalue weighted by Gasteiger charge is -2.12. The first-order valence-corrected chi connectivity index (χ1v) is 7.94. The molecule has 0 fully saturated rings. The third kappa shape index (κ3) is 4.05. The summed E-state index contributed by atoms with van der Waals surface area (Å²) in [5, 5.41) is 6.52. The molecular weight excluding hydrogens is 268 g/mol. The Kier molecular flexibility index (Phi) is 5.56. The molecule has 1 unspecified atom stereocenters. The molecule has 1 N–H and O–H groups in total. The Bertz CT molecular complexity index is 539. The zero-order chi connectivity index (χ0) is 14.4. The smallest absolute Gasteiger partial charge is 0.131 e. The van der Waals surface area contributed by atoms with Gasteiger partial charge in [0.2, 0.25) is 0 Å². The maximum Gasteiger partial charge on any atom is 0.131 e. The number of hydrogen-bond donors (Lipinski definition) is 1. The fourth-order valence-electron chi connectivity index (χ4n) is 1.94. The van der Waals surface area contributed by atoms with Gasteiger partial charge in [-0.2, -0.15) is 0 Å². The van der Waals surface area contributed by atoms with Crippen LogP contribution in [0.3, 0.4) is 0 Å². The number of thiazole rings is 1. The second kappa shape index (κ2) is 7.41. The molecular formula is C16H22N2OS. The van der Waals surface area contributed by atoms with Gasteiger partial charge in [0.05, 0.1) is 10.7 Å². The maximum absolute atomic E-state index is 5.84. The number of nitrogens with zero attached hydrogens (tertiary/aromatic N) is 1. The summed E-state index contributed by atoms with van der Waals surface area (Å²) in [4.78, 5) is 4.57. The van der Waals surface area contributed by atoms with Gasteiger partial charge in [0.1, 0.15) is 12.4 Å². The summed E-state index contributed by atoms with van der Waals surface area (Å²) < 4.78 is 5.84. The van der Waals surface area contributed by atoms with E-state index in [-0.39, 0.29) is 0 Å². The van der Waals surface area contributed by atoms with Crippen molar-refractivity contribution in [2.45, 2.75) is 39.3 Å². The lowest BCUT2D eigenvalue weighted by Crippen LogP contribution is -2.12. The standard InChI is InChI=1S/C16H22N2OS/c1-4-6-16-18-14(11-20-16)10-19-15-8-5-7-13(9-15)12(2)17-3/h5,7-9,11-12,17H,4,6,10H2,1-3H3. The highest BCUT2D eigenvalue weighted by molar-refractivity contribution is 7.09. The first-order valence-electron chi connectivity index (χ1n) is 7.06. The summed E-state index contributed by atoms with van der Waals surface area (Å²) in [5.74, 6) is 0.898. The lowest BCUT2D eigenvalue weighted by atomic mass is 10.1. The van der Waals surface area contributed by atoms with E-state index >= 15 is 0 Å². The summed E-state index contributed by atoms with van der Waals surface area (Å²) in [6.45, 7) is 4.85. The summed E-state index contributed by atoms with van der Waals surface area (Å²) in [6.07, 6.45) is 2.19. The molecule has 1 heterocycles. The van der Waals surface area contributed by atoms with Crippen molar-refractivity contribution in [1.82, 2.24) is 10.3 Å². The van der Waals surface area contributed by atoms with Crippen molar-refractivity contribution in [3.63, 3.8) is 0 Å². The molecule has 0 radical (unpaired) electrons. The molecule has 0 saturated carbocycles. The van der Waals surface area contributed by atoms with Crippen molar-refractivity contribution in [3.8, 4) is 5.75 Å². The lowest BCUT2D eigenvalue weighted by molar-refractivity contribution is 0.301. The molecule has 2 rings (SSSR count). The van der Waals surface area contributed by atoms with Crippen molar-refractivity contribution in [2.24, 2.45) is 0 Å². The molecule has 0 aliphatic heterocycles. The summed E-state index contributed by atoms with van der Waals surface area (Å²) >= 11 is 1.72. The topological polar surface area (TPSA) is 34.1 Å². The van der Waals surface area contributed by atoms with E-state index in [4.69, 9.17) is 4.74 Å². The third-order valence-electron chi connectivity index (χ3n) is 3.24. The van der Waals surface area contributed by atoms with Crippen LogP contribution in [0.15, 0.2) is 29.6 Å². The van der Waals surface area contributed by atoms with Gasteiger partial charge in [-0.1, -0.05) is 19.1 Å². The quantitative estimate of drug-likeness (QED) is 0.838. The Labute approximate surface area is 125 Å². The van der Waals surface area contributed by atoms with Gasteiger partial charge >= 0.3 is 0 Å². The molecule has 0 aliphatic carbocycles. The van der Waals surface area contributed by atoms with Crippen molar-refractivity contribution < 1.29 is 4.74 Å². The van der Waals surface area contributed by atoms with Crippen molar-refractivity contribution in [1.29, 1.82) is 0 Å². The summed E-state index contributed by atoms with van der Waals surface area (Å²) in [6, 6.07) is 8.54. The van der Waals surface area contributed by atoms with E-state index in [0.29, 0.717) is 12.6 Å². The number of aromatic nitrogens is 1. The predicted octanol–water partition coefficient (Wildman–Crippen LogP) is 3.96. The van der Waals surface area contributed by atoms with Crippen LogP contribution in [0.2, 0.25) is 0 Å². The third-order valence-corrected chi connectivity index (χ3v) is 4.20. The van der Waals surface area contributed by atoms with Gasteiger partial charge in [-0.3, -0.25) is 0 Å². The van der Waals surface area contributed by atoms with Crippen molar-refractivity contribution in [2.75, 3.05) is 7.05 Å². The van der Waals surface area contributed by atoms with Crippen LogP contribution >= 0.6 is 11.3 Å². The fourth-order valence-corrected chi connectivity index (χ4v) is 2.83. The van der Waals surface area contributed by atoms with Crippen LogP contribution in [0, 0.1) is 0 Å². The van der Waals surface area contributed by atoms with E-state index in [9.17, 15) is 0 Å². The highest BCUT2D eigenvalue weighted by Crippen LogP contribution is 2.20. The zero-order valence-electron chi connectivity index (χ0n) is 12.3. The molecule has 0 saturated heterocycles.